The van der Waals surface area contributed by atoms with E-state index in [2.05, 4.69) is 34.7 Å². The molecule has 0 spiro atoms. The first-order valence-corrected chi connectivity index (χ1v) is 9.73. The summed E-state index contributed by atoms with van der Waals surface area (Å²) in [5, 5.41) is 6.41. The van der Waals surface area contributed by atoms with Crippen molar-refractivity contribution in [1.82, 2.24) is 10.6 Å². The summed E-state index contributed by atoms with van der Waals surface area (Å²) in [5.41, 5.74) is 1.28. The molecule has 0 radical (unpaired) electrons. The monoisotopic (exact) mass is 469 g/mol. The second-order valence-corrected chi connectivity index (χ2v) is 7.69. The van der Waals surface area contributed by atoms with E-state index in [4.69, 9.17) is 4.74 Å². The van der Waals surface area contributed by atoms with E-state index >= 15 is 0 Å². The van der Waals surface area contributed by atoms with Crippen LogP contribution in [0.25, 0.3) is 0 Å². The Morgan fingerprint density at radius 1 is 1.21 bits per heavy atom. The molecule has 0 aliphatic rings. The zero-order valence-electron chi connectivity index (χ0n) is 14.5. The number of benzene rings is 1. The smallest absolute Gasteiger partial charge is 0.191 e. The third-order valence-electron chi connectivity index (χ3n) is 3.31. The molecule has 1 aromatic rings. The molecule has 1 atom stereocenters. The molecule has 0 heterocycles. The highest BCUT2D eigenvalue weighted by atomic mass is 127. The minimum absolute atomic E-state index is 0. The number of hydrogen-bond donors (Lipinski definition) is 2. The van der Waals surface area contributed by atoms with Crippen LogP contribution in [0.5, 0.6) is 0 Å². The SMILES string of the molecule is CN=C(NCCOCCS(C)(=O)=O)NCC(C)c1ccccc1.I. The van der Waals surface area contributed by atoms with Gasteiger partial charge in [0, 0.05) is 26.4 Å². The summed E-state index contributed by atoms with van der Waals surface area (Å²) in [5.74, 6) is 1.13. The van der Waals surface area contributed by atoms with Crippen LogP contribution < -0.4 is 10.6 Å². The summed E-state index contributed by atoms with van der Waals surface area (Å²) in [7, 11) is -1.24. The van der Waals surface area contributed by atoms with Gasteiger partial charge < -0.3 is 15.4 Å². The summed E-state index contributed by atoms with van der Waals surface area (Å²) >= 11 is 0. The number of nitrogens with zero attached hydrogens (tertiary/aromatic N) is 1. The Balaban J connectivity index is 0.00000529. The van der Waals surface area contributed by atoms with Crippen molar-refractivity contribution in [2.45, 2.75) is 12.8 Å². The molecule has 1 aromatic carbocycles. The first kappa shape index (κ1) is 23.1. The average Bonchev–Trinajstić information content (AvgIpc) is 2.53. The fourth-order valence-electron chi connectivity index (χ4n) is 1.92. The molecule has 8 heteroatoms. The number of hydrogen-bond acceptors (Lipinski definition) is 4. The Morgan fingerprint density at radius 3 is 2.46 bits per heavy atom. The van der Waals surface area contributed by atoms with Crippen molar-refractivity contribution in [2.24, 2.45) is 4.99 Å². The summed E-state index contributed by atoms with van der Waals surface area (Å²) in [6.45, 7) is 4.16. The van der Waals surface area contributed by atoms with Gasteiger partial charge >= 0.3 is 0 Å². The van der Waals surface area contributed by atoms with Gasteiger partial charge in [0.05, 0.1) is 19.0 Å². The second kappa shape index (κ2) is 12.5. The van der Waals surface area contributed by atoms with E-state index in [0.29, 0.717) is 25.0 Å². The molecular weight excluding hydrogens is 441 g/mol. The molecule has 138 valence electrons. The highest BCUT2D eigenvalue weighted by Gasteiger charge is 2.06. The molecule has 0 aliphatic heterocycles. The Morgan fingerprint density at radius 2 is 1.88 bits per heavy atom. The van der Waals surface area contributed by atoms with E-state index in [1.807, 2.05) is 18.2 Å². The Bertz CT molecular complexity index is 579. The van der Waals surface area contributed by atoms with Crippen molar-refractivity contribution >= 4 is 39.8 Å². The summed E-state index contributed by atoms with van der Waals surface area (Å²) < 4.78 is 27.2. The largest absolute Gasteiger partial charge is 0.379 e. The summed E-state index contributed by atoms with van der Waals surface area (Å²) in [6.07, 6.45) is 1.20. The summed E-state index contributed by atoms with van der Waals surface area (Å²) in [6, 6.07) is 10.3. The molecule has 1 unspecified atom stereocenters. The van der Waals surface area contributed by atoms with Crippen LogP contribution in [-0.4, -0.2) is 59.7 Å². The first-order chi connectivity index (χ1) is 10.9. The number of halogens is 1. The normalized spacial score (nSPS) is 13.0. The minimum atomic E-state index is -2.96. The Kier molecular flexibility index (Phi) is 12.0. The second-order valence-electron chi connectivity index (χ2n) is 5.43. The lowest BCUT2D eigenvalue weighted by Gasteiger charge is -2.16. The predicted octanol–water partition coefficient (Wildman–Crippen LogP) is 1.63. The van der Waals surface area contributed by atoms with Gasteiger partial charge in [-0.15, -0.1) is 24.0 Å². The highest BCUT2D eigenvalue weighted by Crippen LogP contribution is 2.12. The van der Waals surface area contributed by atoms with Crippen LogP contribution in [0.3, 0.4) is 0 Å². The van der Waals surface area contributed by atoms with Gasteiger partial charge in [-0.2, -0.15) is 0 Å². The fourth-order valence-corrected chi connectivity index (χ4v) is 2.34. The zero-order chi connectivity index (χ0) is 17.1. The number of nitrogens with one attached hydrogen (secondary N) is 2. The molecule has 0 aromatic heterocycles. The lowest BCUT2D eigenvalue weighted by molar-refractivity contribution is 0.154. The Hall–Kier alpha value is -0.870. The lowest BCUT2D eigenvalue weighted by Crippen LogP contribution is -2.40. The van der Waals surface area contributed by atoms with Crippen molar-refractivity contribution in [3.8, 4) is 0 Å². The van der Waals surface area contributed by atoms with Gasteiger partial charge in [-0.3, -0.25) is 4.99 Å². The topological polar surface area (TPSA) is 79.8 Å². The number of ether oxygens (including phenoxy) is 1. The predicted molar refractivity (Wildman–Crippen MR) is 110 cm³/mol. The number of sulfone groups is 1. The molecule has 0 bridgehead atoms. The van der Waals surface area contributed by atoms with Gasteiger partial charge in [-0.1, -0.05) is 37.3 Å². The number of rotatable bonds is 9. The molecule has 0 aliphatic carbocycles. The van der Waals surface area contributed by atoms with E-state index in [1.165, 1.54) is 11.8 Å². The minimum Gasteiger partial charge on any atom is -0.379 e. The quantitative estimate of drug-likeness (QED) is 0.249. The van der Waals surface area contributed by atoms with Gasteiger partial charge in [-0.25, -0.2) is 8.42 Å². The molecule has 24 heavy (non-hydrogen) atoms. The number of aliphatic imine (C=N–C) groups is 1. The van der Waals surface area contributed by atoms with Crippen molar-refractivity contribution in [3.05, 3.63) is 35.9 Å². The zero-order valence-corrected chi connectivity index (χ0v) is 17.6. The first-order valence-electron chi connectivity index (χ1n) is 7.67. The van der Waals surface area contributed by atoms with Crippen molar-refractivity contribution in [1.29, 1.82) is 0 Å². The van der Waals surface area contributed by atoms with Crippen molar-refractivity contribution in [3.63, 3.8) is 0 Å². The third kappa shape index (κ3) is 10.8. The molecule has 2 N–H and O–H groups in total. The maximum Gasteiger partial charge on any atom is 0.191 e. The van der Waals surface area contributed by atoms with E-state index in [9.17, 15) is 8.42 Å². The average molecular weight is 469 g/mol. The summed E-state index contributed by atoms with van der Waals surface area (Å²) in [4.78, 5) is 4.15. The van der Waals surface area contributed by atoms with Crippen LogP contribution >= 0.6 is 24.0 Å². The van der Waals surface area contributed by atoms with E-state index in [1.54, 1.807) is 7.05 Å². The van der Waals surface area contributed by atoms with Crippen LogP contribution in [-0.2, 0) is 14.6 Å². The number of guanidine groups is 1. The molecule has 0 saturated carbocycles. The lowest BCUT2D eigenvalue weighted by atomic mass is 10.0. The van der Waals surface area contributed by atoms with E-state index < -0.39 is 9.84 Å². The van der Waals surface area contributed by atoms with Crippen LogP contribution in [0.4, 0.5) is 0 Å². The molecule has 0 fully saturated rings. The molecule has 6 nitrogen and oxygen atoms in total. The van der Waals surface area contributed by atoms with Crippen LogP contribution in [0.2, 0.25) is 0 Å². The third-order valence-corrected chi connectivity index (χ3v) is 4.21. The van der Waals surface area contributed by atoms with Gasteiger partial charge in [-0.05, 0) is 11.5 Å². The maximum absolute atomic E-state index is 11.0. The van der Waals surface area contributed by atoms with Crippen LogP contribution in [0.1, 0.15) is 18.4 Å². The van der Waals surface area contributed by atoms with Gasteiger partial charge in [0.25, 0.3) is 0 Å². The van der Waals surface area contributed by atoms with E-state index in [0.717, 1.165) is 6.54 Å². The van der Waals surface area contributed by atoms with Crippen LogP contribution in [0.15, 0.2) is 35.3 Å². The van der Waals surface area contributed by atoms with Gasteiger partial charge in [0.1, 0.15) is 9.84 Å². The fraction of sp³-hybridized carbons (Fsp3) is 0.562. The van der Waals surface area contributed by atoms with Crippen molar-refractivity contribution < 1.29 is 13.2 Å². The highest BCUT2D eigenvalue weighted by molar-refractivity contribution is 14.0. The van der Waals surface area contributed by atoms with Crippen molar-refractivity contribution in [2.75, 3.05) is 45.4 Å². The molecule has 0 amide bonds. The molecule has 1 rings (SSSR count). The molecule has 0 saturated heterocycles. The van der Waals surface area contributed by atoms with Crippen LogP contribution in [0, 0.1) is 0 Å². The molecular formula is C16H28IN3O3S. The standard InChI is InChI=1S/C16H27N3O3S.HI/c1-14(15-7-5-4-6-8-15)13-19-16(17-2)18-9-10-22-11-12-23(3,20)21;/h4-8,14H,9-13H2,1-3H3,(H2,17,18,19);1H. The Labute approximate surface area is 162 Å². The maximum atomic E-state index is 11.0. The van der Waals surface area contributed by atoms with Gasteiger partial charge in [0.15, 0.2) is 5.96 Å². The van der Waals surface area contributed by atoms with Gasteiger partial charge in [0.2, 0.25) is 0 Å². The van der Waals surface area contributed by atoms with E-state index in [-0.39, 0.29) is 36.3 Å².